The molecule has 2 aliphatic rings. The van der Waals surface area contributed by atoms with Crippen molar-refractivity contribution in [1.29, 1.82) is 0 Å². The molecule has 0 unspecified atom stereocenters. The molecule has 0 aromatic carbocycles. The average molecular weight is 386 g/mol. The van der Waals surface area contributed by atoms with Gasteiger partial charge in [0.2, 0.25) is 0 Å². The van der Waals surface area contributed by atoms with E-state index >= 15 is 0 Å². The van der Waals surface area contributed by atoms with Crippen molar-refractivity contribution in [3.63, 3.8) is 0 Å². The van der Waals surface area contributed by atoms with Gasteiger partial charge in [-0.25, -0.2) is 0 Å². The zero-order valence-electron chi connectivity index (χ0n) is 17.1. The van der Waals surface area contributed by atoms with E-state index < -0.39 is 17.1 Å². The molecule has 0 N–H and O–H groups in total. The highest BCUT2D eigenvalue weighted by atomic mass is 32.2. The van der Waals surface area contributed by atoms with Crippen LogP contribution in [0, 0.1) is 5.92 Å². The summed E-state index contributed by atoms with van der Waals surface area (Å²) >= 11 is -1.18. The van der Waals surface area contributed by atoms with Crippen molar-refractivity contribution in [3.05, 3.63) is 0 Å². The van der Waals surface area contributed by atoms with Crippen molar-refractivity contribution in [2.45, 2.75) is 108 Å². The maximum atomic E-state index is 12.1. The summed E-state index contributed by atoms with van der Waals surface area (Å²) in [4.78, 5) is 0. The molecule has 0 spiro atoms. The van der Waals surface area contributed by atoms with Gasteiger partial charge in [-0.1, -0.05) is 55.8 Å². The number of ether oxygens (including phenoxy) is 2. The molecule has 1 aliphatic carbocycles. The van der Waals surface area contributed by atoms with Gasteiger partial charge in [0.05, 0.1) is 19.4 Å². The Bertz CT molecular complexity index is 404. The summed E-state index contributed by atoms with van der Waals surface area (Å²) < 4.78 is 28.4. The van der Waals surface area contributed by atoms with Gasteiger partial charge in [-0.15, -0.1) is 0 Å². The molecule has 1 aliphatic heterocycles. The molecule has 1 heterocycles. The van der Waals surface area contributed by atoms with Crippen LogP contribution in [0.15, 0.2) is 4.40 Å². The molecule has 1 atom stereocenters. The Labute approximate surface area is 163 Å². The predicted molar refractivity (Wildman–Crippen MR) is 110 cm³/mol. The van der Waals surface area contributed by atoms with Crippen LogP contribution in [-0.2, 0) is 20.8 Å². The number of hydrogen-bond donors (Lipinski definition) is 0. The van der Waals surface area contributed by atoms with Gasteiger partial charge in [-0.2, -0.15) is 0 Å². The lowest BCUT2D eigenvalue weighted by molar-refractivity contribution is -0.202. The van der Waals surface area contributed by atoms with Crippen molar-refractivity contribution >= 4 is 17.6 Å². The molecule has 5 heteroatoms. The fourth-order valence-corrected chi connectivity index (χ4v) is 4.58. The van der Waals surface area contributed by atoms with E-state index in [-0.39, 0.29) is 4.75 Å². The maximum Gasteiger partial charge on any atom is 0.171 e. The second-order valence-electron chi connectivity index (χ2n) is 8.80. The van der Waals surface area contributed by atoms with Crippen molar-refractivity contribution in [2.24, 2.45) is 10.3 Å². The van der Waals surface area contributed by atoms with Gasteiger partial charge < -0.3 is 14.0 Å². The topological polar surface area (TPSA) is 53.9 Å². The summed E-state index contributed by atoms with van der Waals surface area (Å²) in [5.41, 5.74) is 0. The largest absolute Gasteiger partial charge is 0.591 e. The van der Waals surface area contributed by atoms with Gasteiger partial charge in [0.25, 0.3) is 0 Å². The quantitative estimate of drug-likeness (QED) is 0.459. The number of nitrogens with zero attached hydrogens (tertiary/aromatic N) is 1. The van der Waals surface area contributed by atoms with Gasteiger partial charge >= 0.3 is 0 Å². The van der Waals surface area contributed by atoms with Crippen LogP contribution in [0.4, 0.5) is 0 Å². The van der Waals surface area contributed by atoms with Crippen LogP contribution >= 0.6 is 0 Å². The molecule has 1 saturated carbocycles. The van der Waals surface area contributed by atoms with Crippen molar-refractivity contribution in [2.75, 3.05) is 13.2 Å². The third-order valence-corrected chi connectivity index (χ3v) is 6.96. The second kappa shape index (κ2) is 11.0. The maximum absolute atomic E-state index is 12.1. The summed E-state index contributed by atoms with van der Waals surface area (Å²) in [7, 11) is 0. The van der Waals surface area contributed by atoms with Crippen LogP contribution in [-0.4, -0.2) is 34.5 Å². The van der Waals surface area contributed by atoms with Gasteiger partial charge in [0, 0.05) is 12.3 Å². The highest BCUT2D eigenvalue weighted by molar-refractivity contribution is 7.91. The number of rotatable bonds is 5. The Morgan fingerprint density at radius 1 is 0.962 bits per heavy atom. The SMILES string of the molecule is CC(C)(C)[S@+]([O-])/N=C/CCC1(C2CCCCCCCCCC2)OCCO1. The van der Waals surface area contributed by atoms with Gasteiger partial charge in [-0.05, 0) is 40.0 Å². The molecule has 152 valence electrons. The summed E-state index contributed by atoms with van der Waals surface area (Å²) in [5.74, 6) is 0.0353. The molecule has 0 radical (unpaired) electrons. The second-order valence-corrected chi connectivity index (χ2v) is 10.7. The van der Waals surface area contributed by atoms with Crippen molar-refractivity contribution in [3.8, 4) is 0 Å². The zero-order valence-corrected chi connectivity index (χ0v) is 18.0. The molecular weight excluding hydrogens is 346 g/mol. The van der Waals surface area contributed by atoms with Crippen LogP contribution in [0.5, 0.6) is 0 Å². The average Bonchev–Trinajstić information content (AvgIpc) is 3.04. The van der Waals surface area contributed by atoms with Crippen molar-refractivity contribution in [1.82, 2.24) is 0 Å². The van der Waals surface area contributed by atoms with Crippen LogP contribution in [0.3, 0.4) is 0 Å². The van der Waals surface area contributed by atoms with E-state index in [9.17, 15) is 4.55 Å². The summed E-state index contributed by atoms with van der Waals surface area (Å²) in [6.45, 7) is 7.25. The molecule has 0 bridgehead atoms. The Hall–Kier alpha value is -0.100. The Balaban J connectivity index is 1.94. The summed E-state index contributed by atoms with van der Waals surface area (Å²) in [6, 6.07) is 0. The van der Waals surface area contributed by atoms with E-state index in [4.69, 9.17) is 9.47 Å². The molecule has 2 rings (SSSR count). The molecule has 1 saturated heterocycles. The monoisotopic (exact) mass is 385 g/mol. The van der Waals surface area contributed by atoms with E-state index in [0.29, 0.717) is 19.1 Å². The van der Waals surface area contributed by atoms with Gasteiger partial charge in [0.15, 0.2) is 5.79 Å². The van der Waals surface area contributed by atoms with E-state index in [1.807, 2.05) is 27.0 Å². The molecule has 0 aromatic heterocycles. The first-order chi connectivity index (χ1) is 12.4. The van der Waals surface area contributed by atoms with E-state index in [2.05, 4.69) is 4.40 Å². The standard InChI is InChI=1S/C21H39NO3S/c1-20(2,3)26(23)22-16-12-15-21(24-17-18-25-21)19-13-10-8-6-4-5-7-9-11-14-19/h16,19H,4-15,17-18H2,1-3H3/b22-16+/t26-/m0/s1. The molecule has 4 nitrogen and oxygen atoms in total. The van der Waals surface area contributed by atoms with Crippen LogP contribution in [0.25, 0.3) is 0 Å². The lowest BCUT2D eigenvalue weighted by Gasteiger charge is -2.36. The molecular formula is C21H39NO3S. The zero-order chi connectivity index (χ0) is 18.9. The third-order valence-electron chi connectivity index (χ3n) is 5.57. The van der Waals surface area contributed by atoms with Gasteiger partial charge in [0.1, 0.15) is 16.1 Å². The highest BCUT2D eigenvalue weighted by Crippen LogP contribution is 2.39. The number of hydrogen-bond acceptors (Lipinski definition) is 4. The Morgan fingerprint density at radius 3 is 1.96 bits per heavy atom. The lowest BCUT2D eigenvalue weighted by atomic mass is 9.85. The van der Waals surface area contributed by atoms with E-state index in [0.717, 1.165) is 12.8 Å². The Morgan fingerprint density at radius 2 is 1.46 bits per heavy atom. The molecule has 0 aromatic rings. The minimum atomic E-state index is -1.18. The third kappa shape index (κ3) is 7.14. The first-order valence-electron chi connectivity index (χ1n) is 10.7. The van der Waals surface area contributed by atoms with Crippen molar-refractivity contribution < 1.29 is 14.0 Å². The minimum absolute atomic E-state index is 0.302. The van der Waals surface area contributed by atoms with Crippen LogP contribution in [0.2, 0.25) is 0 Å². The first-order valence-corrected chi connectivity index (χ1v) is 11.8. The smallest absolute Gasteiger partial charge is 0.171 e. The minimum Gasteiger partial charge on any atom is -0.591 e. The van der Waals surface area contributed by atoms with Gasteiger partial charge in [-0.3, -0.25) is 0 Å². The van der Waals surface area contributed by atoms with E-state index in [1.54, 1.807) is 0 Å². The normalized spacial score (nSPS) is 25.2. The summed E-state index contributed by atoms with van der Waals surface area (Å²) in [5, 5.41) is 0. The lowest BCUT2D eigenvalue weighted by Crippen LogP contribution is -2.39. The summed E-state index contributed by atoms with van der Waals surface area (Å²) in [6.07, 6.45) is 16.5. The first kappa shape index (κ1) is 22.2. The van der Waals surface area contributed by atoms with Crippen LogP contribution < -0.4 is 0 Å². The molecule has 26 heavy (non-hydrogen) atoms. The van der Waals surface area contributed by atoms with E-state index in [1.165, 1.54) is 64.2 Å². The highest BCUT2D eigenvalue weighted by Gasteiger charge is 2.43. The fraction of sp³-hybridized carbons (Fsp3) is 0.952. The predicted octanol–water partition coefficient (Wildman–Crippen LogP) is 5.57. The fourth-order valence-electron chi connectivity index (χ4n) is 4.03. The molecule has 2 fully saturated rings. The van der Waals surface area contributed by atoms with Crippen LogP contribution in [0.1, 0.15) is 97.8 Å². The Kier molecular flexibility index (Phi) is 9.42. The molecule has 0 amide bonds.